The van der Waals surface area contributed by atoms with Crippen molar-refractivity contribution in [3.8, 4) is 0 Å². The topological polar surface area (TPSA) is 84.3 Å². The van der Waals surface area contributed by atoms with Crippen LogP contribution in [-0.2, 0) is 28.3 Å². The van der Waals surface area contributed by atoms with Crippen LogP contribution < -0.4 is 5.32 Å². The minimum atomic E-state index is -3.67. The monoisotopic (exact) mass is 376 g/mol. The molecule has 1 saturated heterocycles. The summed E-state index contributed by atoms with van der Waals surface area (Å²) in [5.41, 5.74) is 1.94. The molecule has 26 heavy (non-hydrogen) atoms. The third-order valence-corrected chi connectivity index (χ3v) is 6.42. The second kappa shape index (κ2) is 7.59. The van der Waals surface area contributed by atoms with Crippen molar-refractivity contribution in [3.63, 3.8) is 0 Å². The van der Waals surface area contributed by atoms with Gasteiger partial charge in [0.1, 0.15) is 0 Å². The molecule has 0 radical (unpaired) electrons. The van der Waals surface area contributed by atoms with Crippen molar-refractivity contribution in [2.45, 2.75) is 31.2 Å². The lowest BCUT2D eigenvalue weighted by atomic mass is 9.98. The number of carbonyl (C=O) groups is 1. The van der Waals surface area contributed by atoms with Crippen LogP contribution in [0.25, 0.3) is 0 Å². The predicted octanol–water partition coefficient (Wildman–Crippen LogP) is 2.02. The van der Waals surface area contributed by atoms with Gasteiger partial charge in [-0.15, -0.1) is 0 Å². The molecule has 3 rings (SSSR count). The van der Waals surface area contributed by atoms with Crippen LogP contribution in [0.2, 0.25) is 0 Å². The normalized spacial score (nSPS) is 18.6. The fraction of sp³-hybridized carbons (Fsp3) is 0.444. The standard InChI is InChI=1S/C18H24N4O3S/c1-3-14-6-8-16(9-7-14)20-18(23)15-5-4-10-22(11-15)26(24,25)17-12-21(2)13-19-17/h6-9,12-13,15H,3-5,10-11H2,1-2H3,(H,20,23). The minimum Gasteiger partial charge on any atom is -0.339 e. The highest BCUT2D eigenvalue weighted by Crippen LogP contribution is 2.24. The first-order chi connectivity index (χ1) is 12.4. The predicted molar refractivity (Wildman–Crippen MR) is 99.1 cm³/mol. The first-order valence-electron chi connectivity index (χ1n) is 8.78. The van der Waals surface area contributed by atoms with E-state index < -0.39 is 10.0 Å². The lowest BCUT2D eigenvalue weighted by molar-refractivity contribution is -0.120. The molecule has 140 valence electrons. The fourth-order valence-electron chi connectivity index (χ4n) is 3.10. The van der Waals surface area contributed by atoms with Crippen LogP contribution in [0.3, 0.4) is 0 Å². The van der Waals surface area contributed by atoms with Gasteiger partial charge in [0, 0.05) is 32.0 Å². The van der Waals surface area contributed by atoms with Crippen molar-refractivity contribution in [1.82, 2.24) is 13.9 Å². The molecule has 1 unspecified atom stereocenters. The van der Waals surface area contributed by atoms with Crippen LogP contribution >= 0.6 is 0 Å². The third-order valence-electron chi connectivity index (χ3n) is 4.67. The fourth-order valence-corrected chi connectivity index (χ4v) is 4.59. The van der Waals surface area contributed by atoms with E-state index in [1.165, 1.54) is 22.4 Å². The molecule has 1 amide bonds. The molecule has 0 bridgehead atoms. The van der Waals surface area contributed by atoms with Crippen LogP contribution in [0.4, 0.5) is 5.69 Å². The number of sulfonamides is 1. The summed E-state index contributed by atoms with van der Waals surface area (Å²) in [5, 5.41) is 2.92. The summed E-state index contributed by atoms with van der Waals surface area (Å²) in [6, 6.07) is 7.71. The molecule has 1 aromatic carbocycles. The van der Waals surface area contributed by atoms with Gasteiger partial charge in [0.2, 0.25) is 5.91 Å². The van der Waals surface area contributed by atoms with Crippen molar-refractivity contribution < 1.29 is 13.2 Å². The Bertz CT molecular complexity index is 874. The van der Waals surface area contributed by atoms with Gasteiger partial charge in [-0.25, -0.2) is 13.4 Å². The number of nitrogens with one attached hydrogen (secondary N) is 1. The van der Waals surface area contributed by atoms with Crippen molar-refractivity contribution in [2.75, 3.05) is 18.4 Å². The molecule has 1 aromatic heterocycles. The summed E-state index contributed by atoms with van der Waals surface area (Å²) in [7, 11) is -1.94. The number of benzene rings is 1. The van der Waals surface area contributed by atoms with Gasteiger partial charge in [0.25, 0.3) is 10.0 Å². The number of carbonyl (C=O) groups excluding carboxylic acids is 1. The van der Waals surface area contributed by atoms with E-state index in [-0.39, 0.29) is 23.4 Å². The van der Waals surface area contributed by atoms with Crippen LogP contribution in [0.15, 0.2) is 41.8 Å². The molecular weight excluding hydrogens is 352 g/mol. The van der Waals surface area contributed by atoms with Crippen molar-refractivity contribution in [1.29, 1.82) is 0 Å². The number of hydrogen-bond donors (Lipinski definition) is 1. The molecule has 1 atom stereocenters. The average Bonchev–Trinajstić information content (AvgIpc) is 3.10. The average molecular weight is 376 g/mol. The Morgan fingerprint density at radius 1 is 1.31 bits per heavy atom. The first-order valence-corrected chi connectivity index (χ1v) is 10.2. The zero-order valence-electron chi connectivity index (χ0n) is 15.1. The van der Waals surface area contributed by atoms with E-state index in [1.807, 2.05) is 24.3 Å². The number of piperidine rings is 1. The lowest BCUT2D eigenvalue weighted by Crippen LogP contribution is -2.43. The van der Waals surface area contributed by atoms with E-state index in [1.54, 1.807) is 11.6 Å². The molecule has 0 spiro atoms. The Morgan fingerprint density at radius 2 is 2.04 bits per heavy atom. The molecule has 1 aliphatic rings. The number of imidazole rings is 1. The molecule has 0 aliphatic carbocycles. The number of hydrogen-bond acceptors (Lipinski definition) is 4. The molecule has 8 heteroatoms. The van der Waals surface area contributed by atoms with E-state index in [9.17, 15) is 13.2 Å². The van der Waals surface area contributed by atoms with Gasteiger partial charge in [-0.2, -0.15) is 4.31 Å². The van der Waals surface area contributed by atoms with Crippen molar-refractivity contribution in [3.05, 3.63) is 42.4 Å². The summed E-state index contributed by atoms with van der Waals surface area (Å²) < 4.78 is 28.4. The van der Waals surface area contributed by atoms with Crippen LogP contribution in [0.5, 0.6) is 0 Å². The van der Waals surface area contributed by atoms with Gasteiger partial charge in [0.05, 0.1) is 12.2 Å². The smallest absolute Gasteiger partial charge is 0.262 e. The molecule has 1 N–H and O–H groups in total. The Labute approximate surface area is 154 Å². The summed E-state index contributed by atoms with van der Waals surface area (Å²) in [6.45, 7) is 2.66. The van der Waals surface area contributed by atoms with E-state index in [2.05, 4.69) is 17.2 Å². The summed E-state index contributed by atoms with van der Waals surface area (Å²) in [5.74, 6) is -0.511. The lowest BCUT2D eigenvalue weighted by Gasteiger charge is -2.30. The van der Waals surface area contributed by atoms with E-state index >= 15 is 0 Å². The van der Waals surface area contributed by atoms with Crippen LogP contribution in [0, 0.1) is 5.92 Å². The summed E-state index contributed by atoms with van der Waals surface area (Å²) >= 11 is 0. The van der Waals surface area contributed by atoms with Gasteiger partial charge in [-0.05, 0) is 37.0 Å². The second-order valence-corrected chi connectivity index (χ2v) is 8.50. The van der Waals surface area contributed by atoms with Crippen molar-refractivity contribution >= 4 is 21.6 Å². The molecule has 2 aromatic rings. The molecule has 1 aliphatic heterocycles. The van der Waals surface area contributed by atoms with Gasteiger partial charge in [0.15, 0.2) is 5.03 Å². The Morgan fingerprint density at radius 3 is 2.65 bits per heavy atom. The summed E-state index contributed by atoms with van der Waals surface area (Å²) in [4.78, 5) is 16.5. The molecule has 7 nitrogen and oxygen atoms in total. The highest BCUT2D eigenvalue weighted by Gasteiger charge is 2.34. The molecular formula is C18H24N4O3S. The number of nitrogens with zero attached hydrogens (tertiary/aromatic N) is 3. The number of aromatic nitrogens is 2. The number of aryl methyl sites for hydroxylation is 2. The maximum Gasteiger partial charge on any atom is 0.262 e. The minimum absolute atomic E-state index is 0.0243. The Hall–Kier alpha value is -2.19. The molecule has 2 heterocycles. The van der Waals surface area contributed by atoms with Crippen LogP contribution in [-0.4, -0.2) is 41.3 Å². The first kappa shape index (κ1) is 18.6. The van der Waals surface area contributed by atoms with Gasteiger partial charge < -0.3 is 9.88 Å². The Balaban J connectivity index is 1.68. The van der Waals surface area contributed by atoms with E-state index in [0.717, 1.165) is 12.1 Å². The highest BCUT2D eigenvalue weighted by molar-refractivity contribution is 7.89. The largest absolute Gasteiger partial charge is 0.339 e. The highest BCUT2D eigenvalue weighted by atomic mass is 32.2. The van der Waals surface area contributed by atoms with Gasteiger partial charge >= 0.3 is 0 Å². The van der Waals surface area contributed by atoms with E-state index in [4.69, 9.17) is 0 Å². The zero-order chi connectivity index (χ0) is 18.7. The number of rotatable bonds is 5. The van der Waals surface area contributed by atoms with Gasteiger partial charge in [-0.3, -0.25) is 4.79 Å². The SMILES string of the molecule is CCc1ccc(NC(=O)C2CCCN(S(=O)(=O)c3cn(C)cn3)C2)cc1. The van der Waals surface area contributed by atoms with Gasteiger partial charge in [-0.1, -0.05) is 19.1 Å². The molecule has 1 fully saturated rings. The maximum absolute atomic E-state index is 12.7. The molecule has 0 saturated carbocycles. The third kappa shape index (κ3) is 3.96. The van der Waals surface area contributed by atoms with Crippen molar-refractivity contribution in [2.24, 2.45) is 13.0 Å². The summed E-state index contributed by atoms with van der Waals surface area (Å²) in [6.07, 6.45) is 5.21. The van der Waals surface area contributed by atoms with Crippen LogP contribution in [0.1, 0.15) is 25.3 Å². The van der Waals surface area contributed by atoms with E-state index in [0.29, 0.717) is 19.4 Å². The Kier molecular flexibility index (Phi) is 5.43. The number of anilines is 1. The second-order valence-electron chi connectivity index (χ2n) is 6.62. The maximum atomic E-state index is 12.7. The quantitative estimate of drug-likeness (QED) is 0.865. The zero-order valence-corrected chi connectivity index (χ0v) is 15.9. The number of amides is 1.